The molecule has 2 aromatic carbocycles. The molecule has 1 aromatic heterocycles. The van der Waals surface area contributed by atoms with Crippen LogP contribution in [0, 0.1) is 17.8 Å². The molecule has 6 rings (SSSR count). The van der Waals surface area contributed by atoms with E-state index < -0.39 is 19.0 Å². The molecule has 0 saturated carbocycles. The maximum atomic E-state index is 14.0. The van der Waals surface area contributed by atoms with Crippen LogP contribution >= 0.6 is 0 Å². The maximum absolute atomic E-state index is 14.0. The van der Waals surface area contributed by atoms with Crippen LogP contribution in [-0.4, -0.2) is 35.2 Å². The van der Waals surface area contributed by atoms with Crippen molar-refractivity contribution in [1.82, 2.24) is 0 Å². The van der Waals surface area contributed by atoms with E-state index in [4.69, 9.17) is 9.07 Å². The average Bonchev–Trinajstić information content (AvgIpc) is 3.57. The number of benzene rings is 2. The van der Waals surface area contributed by atoms with Crippen LogP contribution < -0.4 is 10.2 Å². The molecule has 3 aliphatic rings. The van der Waals surface area contributed by atoms with Gasteiger partial charge in [-0.15, -0.1) is 0 Å². The summed E-state index contributed by atoms with van der Waals surface area (Å²) in [5, 5.41) is 23.4. The summed E-state index contributed by atoms with van der Waals surface area (Å²) in [5.74, 6) is -0.372. The van der Waals surface area contributed by atoms with Crippen LogP contribution in [0.15, 0.2) is 87.9 Å². The lowest BCUT2D eigenvalue weighted by Gasteiger charge is -2.43. The smallest absolute Gasteiger partial charge is 0.455 e. The molecule has 222 valence electrons. The Hall–Kier alpha value is -3.92. The number of para-hydroxylation sites is 1. The highest BCUT2D eigenvalue weighted by molar-refractivity contribution is 6.43. The Labute approximate surface area is 252 Å². The first-order valence-corrected chi connectivity index (χ1v) is 15.1. The van der Waals surface area contributed by atoms with E-state index in [1.807, 2.05) is 73.7 Å². The summed E-state index contributed by atoms with van der Waals surface area (Å²) in [4.78, 5) is 29.1. The molecule has 43 heavy (non-hydrogen) atoms. The van der Waals surface area contributed by atoms with E-state index in [1.165, 1.54) is 4.90 Å². The van der Waals surface area contributed by atoms with E-state index in [0.29, 0.717) is 42.8 Å². The number of nitrogens with one attached hydrogen (secondary N) is 1. The fraction of sp³-hybridized carbons (Fsp3) is 0.353. The lowest BCUT2D eigenvalue weighted by Crippen LogP contribution is -2.46. The minimum atomic E-state index is -1.00. The third-order valence-corrected chi connectivity index (χ3v) is 8.95. The van der Waals surface area contributed by atoms with Crippen molar-refractivity contribution in [3.05, 3.63) is 95.0 Å². The second-order valence-corrected chi connectivity index (χ2v) is 11.7. The van der Waals surface area contributed by atoms with Gasteiger partial charge in [-0.1, -0.05) is 36.3 Å². The Balaban J connectivity index is 1.21. The number of aliphatic hydroxyl groups is 1. The van der Waals surface area contributed by atoms with E-state index in [1.54, 1.807) is 6.07 Å². The molecule has 2 saturated heterocycles. The lowest BCUT2D eigenvalue weighted by atomic mass is 9.58. The standard InChI is InChI=1S/C34H37BN2O6/c1-3-22-18-28-32(34(40)37(33(28)39)25-12-10-24(11-13-25)36-23-7-5-4-6-8-23)29-19-35(41)43-30(31(22)29)16-9-21(2)17-26-14-15-27(20-38)42-26/h4-8,10-15,17,28-30,32,36,38,41H,3,9,16,18-20H2,1-2H3/b21-17+/t28-,29+,30-,32-/m1/s1. The third-order valence-electron chi connectivity index (χ3n) is 8.95. The van der Waals surface area contributed by atoms with E-state index in [0.717, 1.165) is 34.5 Å². The third kappa shape index (κ3) is 5.85. The summed E-state index contributed by atoms with van der Waals surface area (Å²) in [7, 11) is -1.00. The number of nitrogens with zero attached hydrogens (tertiary/aromatic N) is 1. The molecule has 2 amide bonds. The van der Waals surface area contributed by atoms with Crippen LogP contribution in [0.3, 0.4) is 0 Å². The molecular formula is C34H37BN2O6. The predicted octanol–water partition coefficient (Wildman–Crippen LogP) is 6.11. The van der Waals surface area contributed by atoms with Crippen LogP contribution in [0.4, 0.5) is 17.1 Å². The van der Waals surface area contributed by atoms with Crippen molar-refractivity contribution >= 4 is 42.1 Å². The van der Waals surface area contributed by atoms with E-state index in [-0.39, 0.29) is 30.4 Å². The second-order valence-electron chi connectivity index (χ2n) is 11.7. The number of carbonyl (C=O) groups excluding carboxylic acids is 2. The van der Waals surface area contributed by atoms with Gasteiger partial charge in [-0.25, -0.2) is 0 Å². The molecule has 2 fully saturated rings. The molecule has 9 heteroatoms. The molecule has 1 aliphatic carbocycles. The second kappa shape index (κ2) is 12.4. The van der Waals surface area contributed by atoms with E-state index in [2.05, 4.69) is 12.2 Å². The van der Waals surface area contributed by atoms with Gasteiger partial charge >= 0.3 is 7.12 Å². The quantitative estimate of drug-likeness (QED) is 0.159. The number of carbonyl (C=O) groups is 2. The number of hydrogen-bond acceptors (Lipinski definition) is 7. The molecule has 0 unspecified atom stereocenters. The first kappa shape index (κ1) is 29.2. The van der Waals surface area contributed by atoms with Crippen molar-refractivity contribution < 1.29 is 28.8 Å². The minimum Gasteiger partial charge on any atom is -0.459 e. The number of hydrogen-bond donors (Lipinski definition) is 3. The Morgan fingerprint density at radius 3 is 2.47 bits per heavy atom. The molecule has 3 aromatic rings. The zero-order chi connectivity index (χ0) is 30.1. The summed E-state index contributed by atoms with van der Waals surface area (Å²) in [5.41, 5.74) is 5.71. The van der Waals surface area contributed by atoms with E-state index >= 15 is 0 Å². The van der Waals surface area contributed by atoms with Crippen molar-refractivity contribution in [2.45, 2.75) is 58.6 Å². The highest BCUT2D eigenvalue weighted by Crippen LogP contribution is 2.52. The monoisotopic (exact) mass is 580 g/mol. The topological polar surface area (TPSA) is 112 Å². The molecule has 2 aliphatic heterocycles. The van der Waals surface area contributed by atoms with Gasteiger partial charge < -0.3 is 24.5 Å². The Morgan fingerprint density at radius 1 is 1.02 bits per heavy atom. The van der Waals surface area contributed by atoms with Crippen LogP contribution in [0.2, 0.25) is 6.32 Å². The number of aliphatic hydroxyl groups excluding tert-OH is 1. The Bertz CT molecular complexity index is 1550. The first-order valence-electron chi connectivity index (χ1n) is 15.1. The molecule has 0 spiro atoms. The van der Waals surface area contributed by atoms with Crippen molar-refractivity contribution in [3.63, 3.8) is 0 Å². The van der Waals surface area contributed by atoms with Gasteiger partial charge in [0.25, 0.3) is 0 Å². The van der Waals surface area contributed by atoms with Crippen LogP contribution in [0.25, 0.3) is 6.08 Å². The number of rotatable bonds is 9. The average molecular weight is 580 g/mol. The zero-order valence-corrected chi connectivity index (χ0v) is 24.5. The number of allylic oxidation sites excluding steroid dienone is 2. The maximum Gasteiger partial charge on any atom is 0.455 e. The van der Waals surface area contributed by atoms with Gasteiger partial charge in [0.1, 0.15) is 18.1 Å². The minimum absolute atomic E-state index is 0.145. The number of fused-ring (bicyclic) bond motifs is 3. The SMILES string of the molecule is CCC1=C2[C@@H](CC/C(C)=C/c3ccc(CO)o3)OB(O)C[C@@H]2[C@@H]2C(=O)N(c3ccc(Nc4ccccc4)cc3)C(=O)[C@@H]2C1. The Kier molecular flexibility index (Phi) is 8.39. The molecule has 8 nitrogen and oxygen atoms in total. The van der Waals surface area contributed by atoms with Gasteiger partial charge in [-0.3, -0.25) is 14.5 Å². The van der Waals surface area contributed by atoms with Crippen LogP contribution in [-0.2, 0) is 20.9 Å². The van der Waals surface area contributed by atoms with E-state index in [9.17, 15) is 19.7 Å². The van der Waals surface area contributed by atoms with Gasteiger partial charge in [0, 0.05) is 11.4 Å². The van der Waals surface area contributed by atoms with Crippen LogP contribution in [0.5, 0.6) is 0 Å². The molecule has 3 N–H and O–H groups in total. The normalized spacial score (nSPS) is 24.0. The van der Waals surface area contributed by atoms with Crippen LogP contribution in [0.1, 0.15) is 51.1 Å². The highest BCUT2D eigenvalue weighted by Gasteiger charge is 2.57. The van der Waals surface area contributed by atoms with Crippen molar-refractivity contribution in [2.75, 3.05) is 10.2 Å². The largest absolute Gasteiger partial charge is 0.459 e. The zero-order valence-electron chi connectivity index (χ0n) is 24.5. The highest BCUT2D eigenvalue weighted by atomic mass is 16.5. The van der Waals surface area contributed by atoms with Gasteiger partial charge in [0.2, 0.25) is 11.8 Å². The molecular weight excluding hydrogens is 543 g/mol. The van der Waals surface area contributed by atoms with Crippen molar-refractivity contribution in [3.8, 4) is 0 Å². The molecule has 3 heterocycles. The summed E-state index contributed by atoms with van der Waals surface area (Å²) in [6, 6.07) is 20.8. The molecule has 4 atom stereocenters. The molecule has 0 bridgehead atoms. The van der Waals surface area contributed by atoms with Gasteiger partial charge in [0.15, 0.2) is 0 Å². The van der Waals surface area contributed by atoms with Crippen molar-refractivity contribution in [1.29, 1.82) is 0 Å². The predicted molar refractivity (Wildman–Crippen MR) is 166 cm³/mol. The summed E-state index contributed by atoms with van der Waals surface area (Å²) >= 11 is 0. The van der Waals surface area contributed by atoms with Gasteiger partial charge in [-0.2, -0.15) is 0 Å². The number of anilines is 3. The number of imide groups is 1. The molecule has 0 radical (unpaired) electrons. The number of furan rings is 1. The lowest BCUT2D eigenvalue weighted by molar-refractivity contribution is -0.122. The van der Waals surface area contributed by atoms with Gasteiger partial charge in [0.05, 0.1) is 23.6 Å². The van der Waals surface area contributed by atoms with Gasteiger partial charge in [-0.05, 0) is 105 Å². The summed E-state index contributed by atoms with van der Waals surface area (Å²) in [6.07, 6.45) is 4.55. The number of amides is 2. The summed E-state index contributed by atoms with van der Waals surface area (Å²) in [6.45, 7) is 3.95. The Morgan fingerprint density at radius 2 is 1.77 bits per heavy atom. The van der Waals surface area contributed by atoms with Crippen molar-refractivity contribution in [2.24, 2.45) is 17.8 Å². The fourth-order valence-electron chi connectivity index (χ4n) is 6.97. The summed E-state index contributed by atoms with van der Waals surface area (Å²) < 4.78 is 11.7. The first-order chi connectivity index (χ1) is 20.9. The fourth-order valence-corrected chi connectivity index (χ4v) is 6.97.